The molecule has 1 N–H and O–H groups in total. The summed E-state index contributed by atoms with van der Waals surface area (Å²) in [5, 5.41) is 12.3. The zero-order valence-electron chi connectivity index (χ0n) is 15.2. The van der Waals surface area contributed by atoms with Crippen molar-refractivity contribution in [3.8, 4) is 5.75 Å². The van der Waals surface area contributed by atoms with Crippen molar-refractivity contribution in [1.82, 2.24) is 4.90 Å². The molecule has 7 heteroatoms. The van der Waals surface area contributed by atoms with E-state index in [2.05, 4.69) is 0 Å². The van der Waals surface area contributed by atoms with E-state index >= 15 is 0 Å². The van der Waals surface area contributed by atoms with Crippen molar-refractivity contribution in [3.63, 3.8) is 0 Å². The van der Waals surface area contributed by atoms with Crippen LogP contribution in [-0.2, 0) is 9.53 Å². The van der Waals surface area contributed by atoms with Crippen LogP contribution in [0.3, 0.4) is 0 Å². The van der Waals surface area contributed by atoms with Gasteiger partial charge in [-0.15, -0.1) is 11.3 Å². The van der Waals surface area contributed by atoms with Crippen molar-refractivity contribution in [1.29, 1.82) is 0 Å². The molecule has 0 saturated carbocycles. The molecule has 0 radical (unpaired) electrons. The number of hydrogen-bond acceptors (Lipinski definition) is 6. The Labute approximate surface area is 161 Å². The van der Waals surface area contributed by atoms with Gasteiger partial charge in [0.2, 0.25) is 5.78 Å². The van der Waals surface area contributed by atoms with Gasteiger partial charge in [-0.3, -0.25) is 9.59 Å². The van der Waals surface area contributed by atoms with Gasteiger partial charge in [0.25, 0.3) is 5.91 Å². The molecule has 2 aromatic rings. The SMILES string of the molecule is CCOc1ccc(C2C(C(=O)c3cccs3)=C(O)C(=O)N2CCOC)cc1. The predicted molar refractivity (Wildman–Crippen MR) is 102 cm³/mol. The smallest absolute Gasteiger partial charge is 0.290 e. The molecule has 1 aliphatic rings. The average Bonchev–Trinajstić information content (AvgIpc) is 3.29. The number of aliphatic hydroxyl groups is 1. The van der Waals surface area contributed by atoms with Crippen molar-refractivity contribution >= 4 is 23.0 Å². The van der Waals surface area contributed by atoms with E-state index in [-0.39, 0.29) is 17.9 Å². The number of Topliss-reactive ketones (excluding diaryl/α,β-unsaturated/α-hetero) is 1. The lowest BCUT2D eigenvalue weighted by atomic mass is 9.95. The second-order valence-electron chi connectivity index (χ2n) is 5.96. The first kappa shape index (κ1) is 19.1. The largest absolute Gasteiger partial charge is 0.503 e. The van der Waals surface area contributed by atoms with Crippen LogP contribution < -0.4 is 4.74 Å². The number of rotatable bonds is 8. The average molecular weight is 387 g/mol. The molecule has 1 atom stereocenters. The number of benzene rings is 1. The number of hydrogen-bond donors (Lipinski definition) is 1. The van der Waals surface area contributed by atoms with Crippen molar-refractivity contribution in [2.75, 3.05) is 26.9 Å². The van der Waals surface area contributed by atoms with E-state index in [1.165, 1.54) is 23.3 Å². The maximum Gasteiger partial charge on any atom is 0.290 e. The summed E-state index contributed by atoms with van der Waals surface area (Å²) in [4.78, 5) is 27.6. The number of methoxy groups -OCH3 is 1. The van der Waals surface area contributed by atoms with Gasteiger partial charge in [-0.1, -0.05) is 18.2 Å². The highest BCUT2D eigenvalue weighted by Crippen LogP contribution is 2.39. The molecule has 0 bridgehead atoms. The molecule has 6 nitrogen and oxygen atoms in total. The summed E-state index contributed by atoms with van der Waals surface area (Å²) in [5.41, 5.74) is 0.828. The Morgan fingerprint density at radius 1 is 1.26 bits per heavy atom. The third-order valence-corrected chi connectivity index (χ3v) is 5.21. The van der Waals surface area contributed by atoms with Crippen LogP contribution in [0.5, 0.6) is 5.75 Å². The highest BCUT2D eigenvalue weighted by atomic mass is 32.1. The highest BCUT2D eigenvalue weighted by molar-refractivity contribution is 7.12. The summed E-state index contributed by atoms with van der Waals surface area (Å²) in [6, 6.07) is 9.98. The number of thiophene rings is 1. The minimum Gasteiger partial charge on any atom is -0.503 e. The summed E-state index contributed by atoms with van der Waals surface area (Å²) < 4.78 is 10.6. The van der Waals surface area contributed by atoms with Crippen LogP contribution >= 0.6 is 11.3 Å². The van der Waals surface area contributed by atoms with Crippen LogP contribution in [0.4, 0.5) is 0 Å². The van der Waals surface area contributed by atoms with Crippen LogP contribution in [-0.4, -0.2) is 48.6 Å². The number of ether oxygens (including phenoxy) is 2. The van der Waals surface area contributed by atoms with Crippen LogP contribution in [0.25, 0.3) is 0 Å². The molecule has 0 aliphatic carbocycles. The van der Waals surface area contributed by atoms with Gasteiger partial charge in [0.15, 0.2) is 5.76 Å². The van der Waals surface area contributed by atoms with Crippen LogP contribution in [0.1, 0.15) is 28.2 Å². The van der Waals surface area contributed by atoms with Crippen molar-refractivity contribution in [3.05, 3.63) is 63.6 Å². The van der Waals surface area contributed by atoms with E-state index in [1.807, 2.05) is 19.1 Å². The molecule has 142 valence electrons. The van der Waals surface area contributed by atoms with E-state index in [9.17, 15) is 14.7 Å². The summed E-state index contributed by atoms with van der Waals surface area (Å²) in [7, 11) is 1.54. The molecule has 0 saturated heterocycles. The van der Waals surface area contributed by atoms with Gasteiger partial charge in [0, 0.05) is 13.7 Å². The van der Waals surface area contributed by atoms with Gasteiger partial charge in [-0.2, -0.15) is 0 Å². The topological polar surface area (TPSA) is 76.1 Å². The molecule has 0 spiro atoms. The molecule has 0 fully saturated rings. The lowest BCUT2D eigenvalue weighted by molar-refractivity contribution is -0.130. The van der Waals surface area contributed by atoms with E-state index in [4.69, 9.17) is 9.47 Å². The monoisotopic (exact) mass is 387 g/mol. The first-order valence-corrected chi connectivity index (χ1v) is 9.50. The summed E-state index contributed by atoms with van der Waals surface area (Å²) >= 11 is 1.28. The Balaban J connectivity index is 2.02. The summed E-state index contributed by atoms with van der Waals surface area (Å²) in [5.74, 6) is -0.697. The quantitative estimate of drug-likeness (QED) is 0.703. The fourth-order valence-corrected chi connectivity index (χ4v) is 3.78. The van der Waals surface area contributed by atoms with Gasteiger partial charge >= 0.3 is 0 Å². The van der Waals surface area contributed by atoms with Crippen LogP contribution in [0, 0.1) is 0 Å². The summed E-state index contributed by atoms with van der Waals surface area (Å²) in [6.45, 7) is 3.00. The minimum absolute atomic E-state index is 0.0997. The fourth-order valence-electron chi connectivity index (χ4n) is 3.11. The Morgan fingerprint density at radius 3 is 2.59 bits per heavy atom. The third kappa shape index (κ3) is 3.74. The molecular formula is C20H21NO5S. The van der Waals surface area contributed by atoms with E-state index in [0.29, 0.717) is 23.8 Å². The first-order chi connectivity index (χ1) is 13.1. The highest BCUT2D eigenvalue weighted by Gasteiger charge is 2.43. The lowest BCUT2D eigenvalue weighted by Gasteiger charge is -2.26. The molecule has 2 heterocycles. The number of carbonyl (C=O) groups excluding carboxylic acids is 2. The van der Waals surface area contributed by atoms with Gasteiger partial charge in [-0.05, 0) is 36.1 Å². The van der Waals surface area contributed by atoms with Crippen molar-refractivity contribution in [2.24, 2.45) is 0 Å². The standard InChI is InChI=1S/C20H21NO5S/c1-3-26-14-8-6-13(7-9-14)17-16(18(22)15-5-4-12-27-15)19(23)20(24)21(17)10-11-25-2/h4-9,12,17,23H,3,10-11H2,1-2H3. The van der Waals surface area contributed by atoms with Crippen molar-refractivity contribution in [2.45, 2.75) is 13.0 Å². The van der Waals surface area contributed by atoms with Crippen LogP contribution in [0.15, 0.2) is 53.1 Å². The third-order valence-electron chi connectivity index (χ3n) is 4.34. The fraction of sp³-hybridized carbons (Fsp3) is 0.300. The Morgan fingerprint density at radius 2 is 2.00 bits per heavy atom. The maximum absolute atomic E-state index is 13.0. The second kappa shape index (κ2) is 8.37. The number of ketones is 1. The number of amides is 1. The van der Waals surface area contributed by atoms with E-state index < -0.39 is 17.7 Å². The van der Waals surface area contributed by atoms with Crippen LogP contribution in [0.2, 0.25) is 0 Å². The molecule has 3 rings (SSSR count). The van der Waals surface area contributed by atoms with E-state index in [1.54, 1.807) is 29.6 Å². The van der Waals surface area contributed by atoms with Gasteiger partial charge in [0.05, 0.1) is 29.7 Å². The first-order valence-electron chi connectivity index (χ1n) is 8.62. The Hall–Kier alpha value is -2.64. The number of nitrogens with zero attached hydrogens (tertiary/aromatic N) is 1. The molecule has 27 heavy (non-hydrogen) atoms. The van der Waals surface area contributed by atoms with Gasteiger partial charge in [0.1, 0.15) is 5.75 Å². The second-order valence-corrected chi connectivity index (χ2v) is 6.91. The Kier molecular flexibility index (Phi) is 5.93. The van der Waals surface area contributed by atoms with Gasteiger partial charge in [-0.25, -0.2) is 0 Å². The zero-order chi connectivity index (χ0) is 19.4. The molecular weight excluding hydrogens is 366 g/mol. The number of aliphatic hydroxyl groups excluding tert-OH is 1. The lowest BCUT2D eigenvalue weighted by Crippen LogP contribution is -2.33. The zero-order valence-corrected chi connectivity index (χ0v) is 16.0. The minimum atomic E-state index is -0.669. The molecule has 1 aromatic carbocycles. The summed E-state index contributed by atoms with van der Waals surface area (Å²) in [6.07, 6.45) is 0. The molecule has 1 unspecified atom stereocenters. The van der Waals surface area contributed by atoms with E-state index in [0.717, 1.165) is 5.56 Å². The van der Waals surface area contributed by atoms with Gasteiger partial charge < -0.3 is 19.5 Å². The number of carbonyl (C=O) groups is 2. The maximum atomic E-state index is 13.0. The Bertz CT molecular complexity index is 842. The molecule has 1 aromatic heterocycles. The normalized spacial score (nSPS) is 16.9. The predicted octanol–water partition coefficient (Wildman–Crippen LogP) is 3.37. The van der Waals surface area contributed by atoms with Crippen molar-refractivity contribution < 1.29 is 24.2 Å². The molecule has 1 aliphatic heterocycles. The molecule has 1 amide bonds.